The van der Waals surface area contributed by atoms with Crippen LogP contribution >= 0.6 is 0 Å². The van der Waals surface area contributed by atoms with Crippen LogP contribution in [-0.2, 0) is 19.1 Å². The summed E-state index contributed by atoms with van der Waals surface area (Å²) in [6, 6.07) is 0. The lowest BCUT2D eigenvalue weighted by Crippen LogP contribution is -2.63. The van der Waals surface area contributed by atoms with Crippen molar-refractivity contribution in [3.8, 4) is 0 Å². The Hall–Kier alpha value is -1.49. The van der Waals surface area contributed by atoms with Gasteiger partial charge in [-0.15, -0.1) is 0 Å². The highest BCUT2D eigenvalue weighted by Gasteiger charge is 2.64. The molecule has 2 rings (SSSR count). The average Bonchev–Trinajstić information content (AvgIpc) is 2.47. The van der Waals surface area contributed by atoms with Crippen LogP contribution in [0.1, 0.15) is 40.0 Å². The lowest BCUT2D eigenvalue weighted by atomic mass is 9.45. The molecule has 0 aliphatic heterocycles. The van der Waals surface area contributed by atoms with Gasteiger partial charge in [0.1, 0.15) is 6.29 Å². The number of aliphatic hydroxyl groups is 1. The van der Waals surface area contributed by atoms with Gasteiger partial charge in [-0.1, -0.05) is 33.3 Å². The van der Waals surface area contributed by atoms with Crippen LogP contribution in [0.3, 0.4) is 0 Å². The monoisotopic (exact) mass is 308 g/mol. The molecule has 4 unspecified atom stereocenters. The molecule has 1 N–H and O–H groups in total. The molecule has 4 atom stereocenters. The summed E-state index contributed by atoms with van der Waals surface area (Å²) in [5.41, 5.74) is -3.02. The van der Waals surface area contributed by atoms with Crippen molar-refractivity contribution in [1.29, 1.82) is 0 Å². The summed E-state index contributed by atoms with van der Waals surface area (Å²) in [5, 5.41) is 11.0. The zero-order chi connectivity index (χ0) is 16.8. The Bertz CT molecular complexity index is 535. The van der Waals surface area contributed by atoms with Crippen LogP contribution in [0.4, 0.5) is 0 Å². The summed E-state index contributed by atoms with van der Waals surface area (Å²) in [7, 11) is 1.31. The normalized spacial score (nSPS) is 40.1. The molecule has 5 heteroatoms. The first-order chi connectivity index (χ1) is 10.2. The van der Waals surface area contributed by atoms with Crippen LogP contribution in [0.25, 0.3) is 0 Å². The Balaban J connectivity index is 2.73. The molecule has 0 saturated heterocycles. The molecular weight excluding hydrogens is 284 g/mol. The summed E-state index contributed by atoms with van der Waals surface area (Å²) in [5.74, 6) is -1.34. The third-order valence-electron chi connectivity index (χ3n) is 5.85. The first-order valence-corrected chi connectivity index (χ1v) is 7.62. The quantitative estimate of drug-likeness (QED) is 0.634. The van der Waals surface area contributed by atoms with E-state index in [1.807, 2.05) is 13.8 Å². The summed E-state index contributed by atoms with van der Waals surface area (Å²) >= 11 is 0. The number of esters is 1. The standard InChI is InChI=1S/C17H24O5/c1-15(2)6-5-7-16(3)13(15)12(14(20)22-4)8-11(9-18)17(16,21)10-19/h8-10,12-13,21H,5-7H2,1-4H3. The zero-order valence-corrected chi connectivity index (χ0v) is 13.6. The Morgan fingerprint density at radius 1 is 1.32 bits per heavy atom. The van der Waals surface area contributed by atoms with Gasteiger partial charge < -0.3 is 9.84 Å². The van der Waals surface area contributed by atoms with Gasteiger partial charge in [-0.2, -0.15) is 0 Å². The first kappa shape index (κ1) is 16.9. The predicted molar refractivity (Wildman–Crippen MR) is 79.9 cm³/mol. The van der Waals surface area contributed by atoms with Crippen molar-refractivity contribution in [2.45, 2.75) is 45.6 Å². The SMILES string of the molecule is COC(=O)C1C=C(C=O)C(O)(C=O)C2(C)CCCC(C)(C)C12. The van der Waals surface area contributed by atoms with Crippen molar-refractivity contribution >= 4 is 18.5 Å². The van der Waals surface area contributed by atoms with Crippen LogP contribution in [0, 0.1) is 22.7 Å². The van der Waals surface area contributed by atoms with Gasteiger partial charge in [0.15, 0.2) is 11.9 Å². The Morgan fingerprint density at radius 2 is 1.95 bits per heavy atom. The topological polar surface area (TPSA) is 80.7 Å². The number of methoxy groups -OCH3 is 1. The van der Waals surface area contributed by atoms with E-state index >= 15 is 0 Å². The van der Waals surface area contributed by atoms with Gasteiger partial charge in [-0.05, 0) is 24.2 Å². The van der Waals surface area contributed by atoms with Crippen LogP contribution in [0.2, 0.25) is 0 Å². The number of ether oxygens (including phenoxy) is 1. The van der Waals surface area contributed by atoms with Crippen molar-refractivity contribution in [3.63, 3.8) is 0 Å². The van der Waals surface area contributed by atoms with Crippen molar-refractivity contribution in [2.75, 3.05) is 7.11 Å². The lowest BCUT2D eigenvalue weighted by Gasteiger charge is -2.59. The van der Waals surface area contributed by atoms with Gasteiger partial charge in [0.2, 0.25) is 0 Å². The minimum absolute atomic E-state index is 0.0330. The molecule has 5 nitrogen and oxygen atoms in total. The van der Waals surface area contributed by atoms with Crippen LogP contribution in [-0.4, -0.2) is 36.4 Å². The van der Waals surface area contributed by atoms with E-state index in [0.29, 0.717) is 19.0 Å². The number of carbonyl (C=O) groups is 3. The van der Waals surface area contributed by atoms with Crippen LogP contribution < -0.4 is 0 Å². The average molecular weight is 308 g/mol. The van der Waals surface area contributed by atoms with Gasteiger partial charge >= 0.3 is 5.97 Å². The van der Waals surface area contributed by atoms with E-state index in [1.54, 1.807) is 6.92 Å². The molecule has 1 saturated carbocycles. The minimum atomic E-state index is -1.86. The number of aldehydes is 2. The lowest BCUT2D eigenvalue weighted by molar-refractivity contribution is -0.177. The maximum atomic E-state index is 12.3. The van der Waals surface area contributed by atoms with Crippen molar-refractivity contribution in [2.24, 2.45) is 22.7 Å². The fourth-order valence-corrected chi connectivity index (χ4v) is 4.81. The molecular formula is C17H24O5. The molecule has 2 aliphatic carbocycles. The van der Waals surface area contributed by atoms with E-state index in [0.717, 1.165) is 12.8 Å². The number of rotatable bonds is 3. The van der Waals surface area contributed by atoms with E-state index in [4.69, 9.17) is 4.74 Å². The molecule has 0 aromatic carbocycles. The fourth-order valence-electron chi connectivity index (χ4n) is 4.81. The highest BCUT2D eigenvalue weighted by molar-refractivity contribution is 5.90. The van der Waals surface area contributed by atoms with Crippen molar-refractivity contribution < 1.29 is 24.2 Å². The molecule has 0 aromatic rings. The van der Waals surface area contributed by atoms with E-state index in [-0.39, 0.29) is 16.9 Å². The summed E-state index contributed by atoms with van der Waals surface area (Å²) in [6.07, 6.45) is 4.65. The second-order valence-electron chi connectivity index (χ2n) is 7.41. The Kier molecular flexibility index (Phi) is 4.07. The molecule has 1 fully saturated rings. The third-order valence-corrected chi connectivity index (χ3v) is 5.85. The van der Waals surface area contributed by atoms with Crippen LogP contribution in [0.15, 0.2) is 11.6 Å². The van der Waals surface area contributed by atoms with Gasteiger partial charge in [-0.3, -0.25) is 14.4 Å². The predicted octanol–water partition coefficient (Wildman–Crippen LogP) is 1.68. The third kappa shape index (κ3) is 2.06. The van der Waals surface area contributed by atoms with Crippen molar-refractivity contribution in [3.05, 3.63) is 11.6 Å². The Labute approximate surface area is 130 Å². The Morgan fingerprint density at radius 3 is 2.45 bits per heavy atom. The fraction of sp³-hybridized carbons (Fsp3) is 0.706. The first-order valence-electron chi connectivity index (χ1n) is 7.62. The number of hydrogen-bond acceptors (Lipinski definition) is 5. The molecule has 0 aromatic heterocycles. The minimum Gasteiger partial charge on any atom is -0.469 e. The number of fused-ring (bicyclic) bond motifs is 1. The summed E-state index contributed by atoms with van der Waals surface area (Å²) < 4.78 is 4.90. The maximum Gasteiger partial charge on any atom is 0.312 e. The maximum absolute atomic E-state index is 12.3. The van der Waals surface area contributed by atoms with E-state index in [9.17, 15) is 19.5 Å². The molecule has 122 valence electrons. The summed E-state index contributed by atoms with van der Waals surface area (Å²) in [6.45, 7) is 5.88. The van der Waals surface area contributed by atoms with Gasteiger partial charge in [0, 0.05) is 11.0 Å². The van der Waals surface area contributed by atoms with E-state index in [1.165, 1.54) is 13.2 Å². The van der Waals surface area contributed by atoms with Gasteiger partial charge in [0.25, 0.3) is 0 Å². The summed E-state index contributed by atoms with van der Waals surface area (Å²) in [4.78, 5) is 35.4. The highest BCUT2D eigenvalue weighted by Crippen LogP contribution is 2.62. The van der Waals surface area contributed by atoms with Gasteiger partial charge in [-0.25, -0.2) is 0 Å². The van der Waals surface area contributed by atoms with Gasteiger partial charge in [0.05, 0.1) is 13.0 Å². The molecule has 0 heterocycles. The molecule has 0 radical (unpaired) electrons. The second-order valence-corrected chi connectivity index (χ2v) is 7.41. The highest BCUT2D eigenvalue weighted by atomic mass is 16.5. The smallest absolute Gasteiger partial charge is 0.312 e. The zero-order valence-electron chi connectivity index (χ0n) is 13.6. The molecule has 0 spiro atoms. The number of carbonyl (C=O) groups excluding carboxylic acids is 3. The van der Waals surface area contributed by atoms with Crippen molar-refractivity contribution in [1.82, 2.24) is 0 Å². The molecule has 0 amide bonds. The largest absolute Gasteiger partial charge is 0.469 e. The molecule has 0 bridgehead atoms. The van der Waals surface area contributed by atoms with E-state index in [2.05, 4.69) is 0 Å². The molecule has 2 aliphatic rings. The second kappa shape index (κ2) is 5.30. The molecule has 22 heavy (non-hydrogen) atoms. The van der Waals surface area contributed by atoms with Crippen LogP contribution in [0.5, 0.6) is 0 Å². The van der Waals surface area contributed by atoms with E-state index < -0.39 is 22.9 Å². The number of hydrogen-bond donors (Lipinski definition) is 1.